The van der Waals surface area contributed by atoms with Crippen molar-refractivity contribution in [3.63, 3.8) is 0 Å². The summed E-state index contributed by atoms with van der Waals surface area (Å²) in [4.78, 5) is 8.09. The smallest absolute Gasteiger partial charge is 0.224 e. The third-order valence-corrected chi connectivity index (χ3v) is 3.38. The molecule has 1 aliphatic rings. The number of rotatable bonds is 2. The van der Waals surface area contributed by atoms with Gasteiger partial charge in [0, 0.05) is 17.8 Å². The van der Waals surface area contributed by atoms with E-state index in [2.05, 4.69) is 21.4 Å². The number of nitrogens with one attached hydrogen (secondary N) is 1. The first-order chi connectivity index (χ1) is 8.20. The Morgan fingerprint density at radius 2 is 2.24 bits per heavy atom. The second kappa shape index (κ2) is 5.33. The molecule has 1 fully saturated rings. The summed E-state index contributed by atoms with van der Waals surface area (Å²) in [7, 11) is 0. The van der Waals surface area contributed by atoms with Gasteiger partial charge in [-0.05, 0) is 31.4 Å². The van der Waals surface area contributed by atoms with Gasteiger partial charge in [-0.3, -0.25) is 0 Å². The van der Waals surface area contributed by atoms with Crippen molar-refractivity contribution in [2.24, 2.45) is 5.92 Å². The van der Waals surface area contributed by atoms with Gasteiger partial charge in [0.25, 0.3) is 0 Å². The summed E-state index contributed by atoms with van der Waals surface area (Å²) in [5, 5.41) is 12.7. The first-order valence-corrected chi connectivity index (χ1v) is 6.24. The standard InChI is InChI=1S/C12H15ClN4/c1-8-7-15-12(13)17-11(8)16-10-5-3-2-4-9(10)6-14/h7,9-10H,2-5H2,1H3,(H,15,16,17)/t9-,10+/m0/s1. The van der Waals surface area contributed by atoms with E-state index in [0.717, 1.165) is 37.1 Å². The largest absolute Gasteiger partial charge is 0.366 e. The fraction of sp³-hybridized carbons (Fsp3) is 0.583. The van der Waals surface area contributed by atoms with Crippen LogP contribution in [-0.4, -0.2) is 16.0 Å². The van der Waals surface area contributed by atoms with Gasteiger partial charge in [-0.25, -0.2) is 9.97 Å². The van der Waals surface area contributed by atoms with E-state index in [-0.39, 0.29) is 17.2 Å². The van der Waals surface area contributed by atoms with Gasteiger partial charge < -0.3 is 5.32 Å². The van der Waals surface area contributed by atoms with Crippen LogP contribution in [0.5, 0.6) is 0 Å². The van der Waals surface area contributed by atoms with Gasteiger partial charge in [-0.2, -0.15) is 5.26 Å². The molecule has 0 bridgehead atoms. The van der Waals surface area contributed by atoms with Crippen LogP contribution >= 0.6 is 11.6 Å². The fourth-order valence-electron chi connectivity index (χ4n) is 2.20. The van der Waals surface area contributed by atoms with Crippen molar-refractivity contribution in [3.8, 4) is 6.07 Å². The second-order valence-corrected chi connectivity index (χ2v) is 4.78. The van der Waals surface area contributed by atoms with Crippen LogP contribution in [0.4, 0.5) is 5.82 Å². The average molecular weight is 251 g/mol. The van der Waals surface area contributed by atoms with E-state index in [1.54, 1.807) is 6.20 Å². The van der Waals surface area contributed by atoms with Crippen LogP contribution in [0, 0.1) is 24.2 Å². The molecule has 0 aliphatic heterocycles. The Balaban J connectivity index is 2.14. The van der Waals surface area contributed by atoms with Crippen LogP contribution in [0.15, 0.2) is 6.20 Å². The van der Waals surface area contributed by atoms with Crippen molar-refractivity contribution in [3.05, 3.63) is 17.0 Å². The van der Waals surface area contributed by atoms with Crippen molar-refractivity contribution in [1.82, 2.24) is 9.97 Å². The quantitative estimate of drug-likeness (QED) is 0.820. The Kier molecular flexibility index (Phi) is 3.80. The number of anilines is 1. The van der Waals surface area contributed by atoms with Gasteiger partial charge in [0.1, 0.15) is 5.82 Å². The highest BCUT2D eigenvalue weighted by Gasteiger charge is 2.25. The topological polar surface area (TPSA) is 61.6 Å². The minimum absolute atomic E-state index is 0.0666. The molecular formula is C12H15ClN4. The Hall–Kier alpha value is -1.34. The number of aromatic nitrogens is 2. The highest BCUT2D eigenvalue weighted by Crippen LogP contribution is 2.27. The highest BCUT2D eigenvalue weighted by molar-refractivity contribution is 6.28. The van der Waals surface area contributed by atoms with Gasteiger partial charge in [-0.15, -0.1) is 0 Å². The van der Waals surface area contributed by atoms with E-state index in [9.17, 15) is 0 Å². The van der Waals surface area contributed by atoms with E-state index < -0.39 is 0 Å². The van der Waals surface area contributed by atoms with Crippen LogP contribution in [-0.2, 0) is 0 Å². The van der Waals surface area contributed by atoms with Crippen molar-refractivity contribution < 1.29 is 0 Å². The molecule has 0 saturated heterocycles. The van der Waals surface area contributed by atoms with Crippen LogP contribution < -0.4 is 5.32 Å². The van der Waals surface area contributed by atoms with Gasteiger partial charge in [0.2, 0.25) is 5.28 Å². The van der Waals surface area contributed by atoms with Gasteiger partial charge in [0.15, 0.2) is 0 Å². The summed E-state index contributed by atoms with van der Waals surface area (Å²) in [5.41, 5.74) is 0.955. The first-order valence-electron chi connectivity index (χ1n) is 5.86. The molecule has 1 saturated carbocycles. The van der Waals surface area contributed by atoms with Crippen LogP contribution in [0.2, 0.25) is 5.28 Å². The SMILES string of the molecule is Cc1cnc(Cl)nc1N[C@@H]1CCCC[C@H]1C#N. The molecule has 90 valence electrons. The molecular weight excluding hydrogens is 236 g/mol. The van der Waals surface area contributed by atoms with E-state index in [4.69, 9.17) is 16.9 Å². The zero-order valence-electron chi connectivity index (χ0n) is 9.78. The number of nitriles is 1. The lowest BCUT2D eigenvalue weighted by Crippen LogP contribution is -2.32. The van der Waals surface area contributed by atoms with Crippen molar-refractivity contribution in [2.75, 3.05) is 5.32 Å². The zero-order chi connectivity index (χ0) is 12.3. The van der Waals surface area contributed by atoms with Gasteiger partial charge in [0.05, 0.1) is 12.0 Å². The molecule has 2 atom stereocenters. The second-order valence-electron chi connectivity index (χ2n) is 4.44. The van der Waals surface area contributed by atoms with Crippen LogP contribution in [0.3, 0.4) is 0 Å². The molecule has 0 aromatic carbocycles. The summed E-state index contributed by atoms with van der Waals surface area (Å²) in [5.74, 6) is 0.814. The molecule has 1 aliphatic carbocycles. The van der Waals surface area contributed by atoms with Crippen molar-refractivity contribution in [2.45, 2.75) is 38.6 Å². The van der Waals surface area contributed by atoms with E-state index in [1.807, 2.05) is 6.92 Å². The number of halogens is 1. The molecule has 4 nitrogen and oxygen atoms in total. The number of aryl methyl sites for hydroxylation is 1. The summed E-state index contributed by atoms with van der Waals surface area (Å²) >= 11 is 5.78. The normalized spacial score (nSPS) is 24.1. The molecule has 0 amide bonds. The molecule has 1 aromatic rings. The maximum atomic E-state index is 9.11. The Labute approximate surface area is 106 Å². The van der Waals surface area contributed by atoms with Gasteiger partial charge >= 0.3 is 0 Å². The lowest BCUT2D eigenvalue weighted by Gasteiger charge is -2.28. The molecule has 5 heteroatoms. The molecule has 1 N–H and O–H groups in total. The summed E-state index contributed by atoms with van der Waals surface area (Å²) < 4.78 is 0. The number of nitrogens with zero attached hydrogens (tertiary/aromatic N) is 3. The predicted octanol–water partition coefficient (Wildman–Crippen LogP) is 2.93. The van der Waals surface area contributed by atoms with Crippen LogP contribution in [0.1, 0.15) is 31.2 Å². The minimum atomic E-state index is 0.0666. The Morgan fingerprint density at radius 1 is 1.47 bits per heavy atom. The van der Waals surface area contributed by atoms with E-state index >= 15 is 0 Å². The molecule has 0 spiro atoms. The third kappa shape index (κ3) is 2.86. The fourth-order valence-corrected chi connectivity index (χ4v) is 2.33. The first kappa shape index (κ1) is 12.1. The number of hydrogen-bond donors (Lipinski definition) is 1. The van der Waals surface area contributed by atoms with Gasteiger partial charge in [-0.1, -0.05) is 12.8 Å². The van der Waals surface area contributed by atoms with Crippen LogP contribution in [0.25, 0.3) is 0 Å². The number of hydrogen-bond acceptors (Lipinski definition) is 4. The molecule has 17 heavy (non-hydrogen) atoms. The molecule has 1 aromatic heterocycles. The predicted molar refractivity (Wildman–Crippen MR) is 66.8 cm³/mol. The summed E-state index contributed by atoms with van der Waals surface area (Å²) in [6, 6.07) is 2.55. The zero-order valence-corrected chi connectivity index (χ0v) is 10.5. The maximum Gasteiger partial charge on any atom is 0.224 e. The lowest BCUT2D eigenvalue weighted by atomic mass is 9.85. The lowest BCUT2D eigenvalue weighted by molar-refractivity contribution is 0.388. The Bertz CT molecular complexity index is 441. The average Bonchev–Trinajstić information content (AvgIpc) is 2.34. The van der Waals surface area contributed by atoms with E-state index in [0.29, 0.717) is 0 Å². The Morgan fingerprint density at radius 3 is 3.00 bits per heavy atom. The summed E-state index contributed by atoms with van der Waals surface area (Å²) in [6.07, 6.45) is 5.97. The van der Waals surface area contributed by atoms with Crippen molar-refractivity contribution in [1.29, 1.82) is 5.26 Å². The van der Waals surface area contributed by atoms with E-state index in [1.165, 1.54) is 0 Å². The molecule has 1 heterocycles. The minimum Gasteiger partial charge on any atom is -0.366 e. The third-order valence-electron chi connectivity index (χ3n) is 3.20. The maximum absolute atomic E-state index is 9.11. The molecule has 0 radical (unpaired) electrons. The molecule has 2 rings (SSSR count). The highest BCUT2D eigenvalue weighted by atomic mass is 35.5. The summed E-state index contributed by atoms with van der Waals surface area (Å²) in [6.45, 7) is 1.93. The monoisotopic (exact) mass is 250 g/mol. The molecule has 0 unspecified atom stereocenters. The van der Waals surface area contributed by atoms with Crippen molar-refractivity contribution >= 4 is 17.4 Å².